The maximum atomic E-state index is 13.8. The molecule has 0 saturated carbocycles. The van der Waals surface area contributed by atoms with Gasteiger partial charge in [-0.1, -0.05) is 24.3 Å². The number of aromatic nitrogens is 1. The molecule has 1 aromatic carbocycles. The van der Waals surface area contributed by atoms with Crippen LogP contribution in [-0.4, -0.2) is 10.9 Å². The third kappa shape index (κ3) is 2.57. The molecule has 0 radical (unpaired) electrons. The summed E-state index contributed by atoms with van der Waals surface area (Å²) in [5.41, 5.74) is 7.61. The lowest BCUT2D eigenvalue weighted by atomic mass is 9.88. The maximum Gasteiger partial charge on any atom is 0.251 e. The molecule has 3 aromatic rings. The third-order valence-corrected chi connectivity index (χ3v) is 6.45. The van der Waals surface area contributed by atoms with Gasteiger partial charge in [0.1, 0.15) is 16.3 Å². The van der Waals surface area contributed by atoms with Crippen LogP contribution in [0.1, 0.15) is 34.1 Å². The van der Waals surface area contributed by atoms with Crippen molar-refractivity contribution in [3.8, 4) is 0 Å². The second-order valence-corrected chi connectivity index (χ2v) is 8.29. The molecule has 0 spiro atoms. The summed E-state index contributed by atoms with van der Waals surface area (Å²) in [6, 6.07) is 4.89. The Morgan fingerprint density at radius 1 is 1.42 bits per heavy atom. The lowest BCUT2D eigenvalue weighted by Crippen LogP contribution is -2.17. The Balaban J connectivity index is 1.75. The molecule has 0 saturated heterocycles. The summed E-state index contributed by atoms with van der Waals surface area (Å²) in [5.74, 6) is -0.149. The van der Waals surface area contributed by atoms with E-state index < -0.39 is 5.91 Å². The van der Waals surface area contributed by atoms with Gasteiger partial charge in [0.05, 0.1) is 10.3 Å². The number of thiophene rings is 1. The van der Waals surface area contributed by atoms with E-state index in [2.05, 4.69) is 17.2 Å². The van der Waals surface area contributed by atoms with Crippen molar-refractivity contribution in [2.24, 2.45) is 11.7 Å². The maximum absolute atomic E-state index is 13.8. The molecule has 0 unspecified atom stereocenters. The summed E-state index contributed by atoms with van der Waals surface area (Å²) < 4.78 is 14.6. The number of anilines is 2. The van der Waals surface area contributed by atoms with Crippen LogP contribution in [0.25, 0.3) is 10.2 Å². The van der Waals surface area contributed by atoms with E-state index in [1.807, 2.05) is 6.07 Å². The zero-order valence-electron chi connectivity index (χ0n) is 13.1. The Kier molecular flexibility index (Phi) is 3.77. The molecule has 1 aliphatic carbocycles. The van der Waals surface area contributed by atoms with E-state index in [-0.39, 0.29) is 5.82 Å². The van der Waals surface area contributed by atoms with Crippen molar-refractivity contribution in [3.05, 3.63) is 40.0 Å². The number of nitrogens with one attached hydrogen (secondary N) is 1. The van der Waals surface area contributed by atoms with Crippen molar-refractivity contribution in [2.45, 2.75) is 26.2 Å². The van der Waals surface area contributed by atoms with Gasteiger partial charge in [0.25, 0.3) is 5.91 Å². The van der Waals surface area contributed by atoms with Gasteiger partial charge in [-0.15, -0.1) is 11.3 Å². The molecule has 2 heterocycles. The summed E-state index contributed by atoms with van der Waals surface area (Å²) in [5, 5.41) is 4.50. The van der Waals surface area contributed by atoms with E-state index in [1.165, 1.54) is 22.3 Å². The topological polar surface area (TPSA) is 68.0 Å². The number of para-hydroxylation sites is 1. The van der Waals surface area contributed by atoms with E-state index in [1.54, 1.807) is 17.4 Å². The van der Waals surface area contributed by atoms with Gasteiger partial charge in [0.2, 0.25) is 0 Å². The zero-order chi connectivity index (χ0) is 16.8. The van der Waals surface area contributed by atoms with E-state index in [0.717, 1.165) is 34.5 Å². The first-order valence-corrected chi connectivity index (χ1v) is 9.42. The van der Waals surface area contributed by atoms with Crippen LogP contribution in [0, 0.1) is 11.7 Å². The van der Waals surface area contributed by atoms with Crippen LogP contribution in [0.2, 0.25) is 0 Å². The van der Waals surface area contributed by atoms with Crippen LogP contribution < -0.4 is 11.1 Å². The predicted molar refractivity (Wildman–Crippen MR) is 96.9 cm³/mol. The molecule has 0 aliphatic heterocycles. The van der Waals surface area contributed by atoms with Gasteiger partial charge in [-0.05, 0) is 42.9 Å². The average molecular weight is 361 g/mol. The summed E-state index contributed by atoms with van der Waals surface area (Å²) in [6.07, 6.45) is 2.91. The number of carbonyl (C=O) groups is 1. The second kappa shape index (κ2) is 5.82. The summed E-state index contributed by atoms with van der Waals surface area (Å²) in [4.78, 5) is 17.5. The van der Waals surface area contributed by atoms with Crippen molar-refractivity contribution < 1.29 is 9.18 Å². The van der Waals surface area contributed by atoms with Crippen LogP contribution >= 0.6 is 22.7 Å². The Labute approximate surface area is 146 Å². The fraction of sp³-hybridized carbons (Fsp3) is 0.294. The minimum atomic E-state index is -0.420. The largest absolute Gasteiger partial charge is 0.365 e. The fourth-order valence-corrected chi connectivity index (χ4v) is 5.53. The van der Waals surface area contributed by atoms with Crippen LogP contribution in [0.4, 0.5) is 14.5 Å². The van der Waals surface area contributed by atoms with Crippen molar-refractivity contribution in [2.75, 3.05) is 5.32 Å². The monoisotopic (exact) mass is 361 g/mol. The van der Waals surface area contributed by atoms with E-state index in [9.17, 15) is 9.18 Å². The van der Waals surface area contributed by atoms with Gasteiger partial charge in [0, 0.05) is 4.88 Å². The number of halogens is 1. The van der Waals surface area contributed by atoms with Crippen molar-refractivity contribution >= 4 is 48.9 Å². The highest BCUT2D eigenvalue weighted by molar-refractivity contribution is 7.23. The standard InChI is InChI=1S/C17H16FN3OS2/c1-8-5-6-9-12(7-8)23-16(13(9)15(19)22)21-17-20-14-10(18)3-2-4-11(14)24-17/h2-4,8H,5-7H2,1H3,(H2,19,22)(H,20,21)/t8-/m0/s1. The molecule has 4 nitrogen and oxygen atoms in total. The van der Waals surface area contributed by atoms with Crippen LogP contribution in [0.3, 0.4) is 0 Å². The Bertz CT molecular complexity index is 947. The van der Waals surface area contributed by atoms with E-state index in [4.69, 9.17) is 5.73 Å². The number of nitrogens with zero attached hydrogens (tertiary/aromatic N) is 1. The molecule has 24 heavy (non-hydrogen) atoms. The molecule has 2 aromatic heterocycles. The van der Waals surface area contributed by atoms with Crippen LogP contribution in [0.5, 0.6) is 0 Å². The van der Waals surface area contributed by atoms with Gasteiger partial charge < -0.3 is 11.1 Å². The highest BCUT2D eigenvalue weighted by Gasteiger charge is 2.27. The van der Waals surface area contributed by atoms with Crippen molar-refractivity contribution in [1.29, 1.82) is 0 Å². The molecule has 4 rings (SSSR count). The van der Waals surface area contributed by atoms with Gasteiger partial charge in [-0.2, -0.15) is 0 Å². The molecule has 0 bridgehead atoms. The third-order valence-electron chi connectivity index (χ3n) is 4.35. The number of primary amides is 1. The first kappa shape index (κ1) is 15.5. The van der Waals surface area contributed by atoms with Crippen LogP contribution in [0.15, 0.2) is 18.2 Å². The molecular formula is C17H16FN3OS2. The van der Waals surface area contributed by atoms with E-state index in [0.29, 0.717) is 22.1 Å². The normalized spacial score (nSPS) is 17.0. The molecule has 0 fully saturated rings. The quantitative estimate of drug-likeness (QED) is 0.723. The van der Waals surface area contributed by atoms with Gasteiger partial charge in [-0.3, -0.25) is 4.79 Å². The number of hydrogen-bond acceptors (Lipinski definition) is 5. The first-order valence-electron chi connectivity index (χ1n) is 7.79. The number of fused-ring (bicyclic) bond motifs is 2. The number of amides is 1. The minimum Gasteiger partial charge on any atom is -0.365 e. The number of nitrogens with two attached hydrogens (primary N) is 1. The highest BCUT2D eigenvalue weighted by atomic mass is 32.1. The fourth-order valence-electron chi connectivity index (χ4n) is 3.17. The lowest BCUT2D eigenvalue weighted by Gasteiger charge is -2.18. The van der Waals surface area contributed by atoms with Gasteiger partial charge >= 0.3 is 0 Å². The molecule has 3 N–H and O–H groups in total. The first-order chi connectivity index (χ1) is 11.5. The lowest BCUT2D eigenvalue weighted by molar-refractivity contribution is 0.1000. The molecular weight excluding hydrogens is 345 g/mol. The van der Waals surface area contributed by atoms with Crippen LogP contribution in [-0.2, 0) is 12.8 Å². The number of thiazole rings is 1. The molecule has 1 amide bonds. The predicted octanol–water partition coefficient (Wildman–Crippen LogP) is 4.46. The number of carbonyl (C=O) groups excluding carboxylic acids is 1. The molecule has 1 aliphatic rings. The Hall–Kier alpha value is -1.99. The molecule has 1 atom stereocenters. The van der Waals surface area contributed by atoms with E-state index >= 15 is 0 Å². The number of rotatable bonds is 3. The Morgan fingerprint density at radius 3 is 3.00 bits per heavy atom. The highest BCUT2D eigenvalue weighted by Crippen LogP contribution is 2.41. The van der Waals surface area contributed by atoms with Crippen molar-refractivity contribution in [3.63, 3.8) is 0 Å². The number of benzene rings is 1. The zero-order valence-corrected chi connectivity index (χ0v) is 14.7. The second-order valence-electron chi connectivity index (χ2n) is 6.15. The smallest absolute Gasteiger partial charge is 0.251 e. The van der Waals surface area contributed by atoms with Crippen molar-refractivity contribution in [1.82, 2.24) is 4.98 Å². The number of hydrogen-bond donors (Lipinski definition) is 2. The molecule has 7 heteroatoms. The Morgan fingerprint density at radius 2 is 2.25 bits per heavy atom. The minimum absolute atomic E-state index is 0.341. The van der Waals surface area contributed by atoms with Gasteiger partial charge in [-0.25, -0.2) is 9.37 Å². The summed E-state index contributed by atoms with van der Waals surface area (Å²) >= 11 is 2.93. The average Bonchev–Trinajstić information content (AvgIpc) is 3.08. The summed E-state index contributed by atoms with van der Waals surface area (Å²) in [7, 11) is 0. The summed E-state index contributed by atoms with van der Waals surface area (Å²) in [6.45, 7) is 2.22. The SMILES string of the molecule is C[C@H]1CCc2c(sc(Nc3nc4c(F)cccc4s3)c2C(N)=O)C1. The molecule has 124 valence electrons. The van der Waals surface area contributed by atoms with Gasteiger partial charge in [0.15, 0.2) is 5.13 Å².